The van der Waals surface area contributed by atoms with E-state index in [1.54, 1.807) is 0 Å². The molecule has 0 saturated heterocycles. The van der Waals surface area contributed by atoms with Gasteiger partial charge in [0.25, 0.3) is 0 Å². The van der Waals surface area contributed by atoms with Crippen LogP contribution in [0.3, 0.4) is 0 Å². The lowest BCUT2D eigenvalue weighted by atomic mass is 10.00. The Hall–Kier alpha value is -0.880. The molecule has 0 fully saturated rings. The highest BCUT2D eigenvalue weighted by Crippen LogP contribution is 2.33. The fourth-order valence-electron chi connectivity index (χ4n) is 1.78. The average molecular weight is 264 g/mol. The van der Waals surface area contributed by atoms with Gasteiger partial charge in [-0.15, -0.1) is 12.4 Å². The zero-order valence-corrected chi connectivity index (χ0v) is 10.0. The van der Waals surface area contributed by atoms with Gasteiger partial charge >= 0.3 is 0 Å². The monoisotopic (exact) mass is 263 g/mol. The van der Waals surface area contributed by atoms with Crippen molar-refractivity contribution in [2.45, 2.75) is 19.1 Å². The Morgan fingerprint density at radius 3 is 2.94 bits per heavy atom. The summed E-state index contributed by atoms with van der Waals surface area (Å²) in [5.74, 6) is 0.227. The Morgan fingerprint density at radius 2 is 2.24 bits per heavy atom. The number of aliphatic hydroxyl groups is 1. The molecule has 0 aliphatic carbocycles. The number of halogens is 2. The normalized spacial score (nSPS) is 15.5. The van der Waals surface area contributed by atoms with Crippen LogP contribution in [0.15, 0.2) is 12.1 Å². The Balaban J connectivity index is 0.00000144. The molecule has 0 amide bonds. The molecule has 17 heavy (non-hydrogen) atoms. The molecule has 3 N–H and O–H groups in total. The van der Waals surface area contributed by atoms with Gasteiger partial charge in [0.2, 0.25) is 0 Å². The number of benzene rings is 1. The van der Waals surface area contributed by atoms with Crippen LogP contribution in [0.4, 0.5) is 4.39 Å². The van der Waals surface area contributed by atoms with Gasteiger partial charge in [-0.3, -0.25) is 0 Å². The van der Waals surface area contributed by atoms with E-state index < -0.39 is 6.04 Å². The van der Waals surface area contributed by atoms with Crippen molar-refractivity contribution < 1.29 is 19.0 Å². The van der Waals surface area contributed by atoms with E-state index in [1.807, 2.05) is 0 Å². The predicted octanol–water partition coefficient (Wildman–Crippen LogP) is 1.50. The van der Waals surface area contributed by atoms with E-state index in [4.69, 9.17) is 20.3 Å². The van der Waals surface area contributed by atoms with Crippen LogP contribution in [0, 0.1) is 5.82 Å². The quantitative estimate of drug-likeness (QED) is 0.867. The summed E-state index contributed by atoms with van der Waals surface area (Å²) >= 11 is 0. The smallest absolute Gasteiger partial charge is 0.189 e. The Morgan fingerprint density at radius 1 is 1.47 bits per heavy atom. The number of aliphatic hydroxyl groups excluding tert-OH is 1. The molecule has 4 nitrogen and oxygen atoms in total. The Kier molecular flexibility index (Phi) is 5.14. The van der Waals surface area contributed by atoms with Crippen LogP contribution in [0.2, 0.25) is 0 Å². The maximum atomic E-state index is 13.3. The number of hydrogen-bond donors (Lipinski definition) is 2. The van der Waals surface area contributed by atoms with Crippen molar-refractivity contribution in [3.63, 3.8) is 0 Å². The zero-order valence-electron chi connectivity index (χ0n) is 9.19. The predicted molar refractivity (Wildman–Crippen MR) is 62.6 cm³/mol. The van der Waals surface area contributed by atoms with E-state index in [1.165, 1.54) is 12.1 Å². The molecule has 1 aliphatic rings. The van der Waals surface area contributed by atoms with Crippen LogP contribution in [-0.4, -0.2) is 18.5 Å². The number of ether oxygens (including phenoxy) is 2. The van der Waals surface area contributed by atoms with Crippen molar-refractivity contribution in [2.24, 2.45) is 5.73 Å². The van der Waals surface area contributed by atoms with E-state index >= 15 is 0 Å². The third-order valence-electron chi connectivity index (χ3n) is 2.54. The highest BCUT2D eigenvalue weighted by Gasteiger charge is 2.20. The van der Waals surface area contributed by atoms with Crippen molar-refractivity contribution in [1.82, 2.24) is 0 Å². The van der Waals surface area contributed by atoms with Crippen molar-refractivity contribution in [3.05, 3.63) is 29.1 Å². The standard InChI is InChI=1S/C11H14FNO3.ClH/c12-8-3-7-5-15-6-16-11(7)9(4-8)10(13)1-2-14;/h3-4,10,14H,1-2,5-6,13H2;1H. The topological polar surface area (TPSA) is 64.7 Å². The highest BCUT2D eigenvalue weighted by molar-refractivity contribution is 5.85. The van der Waals surface area contributed by atoms with Crippen LogP contribution in [0.25, 0.3) is 0 Å². The van der Waals surface area contributed by atoms with Gasteiger partial charge in [-0.1, -0.05) is 0 Å². The lowest BCUT2D eigenvalue weighted by Gasteiger charge is -2.23. The molecule has 1 aromatic carbocycles. The molecule has 0 spiro atoms. The van der Waals surface area contributed by atoms with Gasteiger partial charge in [0.05, 0.1) is 6.61 Å². The van der Waals surface area contributed by atoms with Crippen LogP contribution >= 0.6 is 12.4 Å². The largest absolute Gasteiger partial charge is 0.467 e. The van der Waals surface area contributed by atoms with Gasteiger partial charge in [-0.05, 0) is 18.6 Å². The summed E-state index contributed by atoms with van der Waals surface area (Å²) in [4.78, 5) is 0. The number of fused-ring (bicyclic) bond motifs is 1. The molecular formula is C11H15ClFNO3. The molecular weight excluding hydrogens is 249 g/mol. The Bertz CT molecular complexity index is 389. The van der Waals surface area contributed by atoms with Crippen LogP contribution in [0.1, 0.15) is 23.6 Å². The number of rotatable bonds is 3. The molecule has 1 heterocycles. The van der Waals surface area contributed by atoms with Crippen LogP contribution < -0.4 is 10.5 Å². The van der Waals surface area contributed by atoms with Gasteiger partial charge < -0.3 is 20.3 Å². The van der Waals surface area contributed by atoms with Crippen molar-refractivity contribution in [2.75, 3.05) is 13.4 Å². The number of hydrogen-bond acceptors (Lipinski definition) is 4. The Labute approximate surface area is 105 Å². The molecule has 0 aromatic heterocycles. The fraction of sp³-hybridized carbons (Fsp3) is 0.455. The van der Waals surface area contributed by atoms with E-state index in [2.05, 4.69) is 0 Å². The second kappa shape index (κ2) is 6.16. The summed E-state index contributed by atoms with van der Waals surface area (Å²) in [7, 11) is 0. The molecule has 0 saturated carbocycles. The maximum absolute atomic E-state index is 13.3. The fourth-order valence-corrected chi connectivity index (χ4v) is 1.78. The van der Waals surface area contributed by atoms with Gasteiger partial charge in [-0.25, -0.2) is 4.39 Å². The zero-order chi connectivity index (χ0) is 11.5. The first-order valence-corrected chi connectivity index (χ1v) is 5.11. The second-order valence-corrected chi connectivity index (χ2v) is 3.71. The summed E-state index contributed by atoms with van der Waals surface area (Å²) in [6.45, 7) is 0.437. The summed E-state index contributed by atoms with van der Waals surface area (Å²) in [5.41, 5.74) is 7.10. The van der Waals surface area contributed by atoms with Crippen molar-refractivity contribution in [1.29, 1.82) is 0 Å². The van der Waals surface area contributed by atoms with Crippen LogP contribution in [-0.2, 0) is 11.3 Å². The van der Waals surface area contributed by atoms with Gasteiger partial charge in [-0.2, -0.15) is 0 Å². The van der Waals surface area contributed by atoms with Crippen LogP contribution in [0.5, 0.6) is 5.75 Å². The van der Waals surface area contributed by atoms with Gasteiger partial charge in [0.1, 0.15) is 11.6 Å². The molecule has 96 valence electrons. The van der Waals surface area contributed by atoms with E-state index in [0.717, 1.165) is 0 Å². The second-order valence-electron chi connectivity index (χ2n) is 3.71. The molecule has 6 heteroatoms. The molecule has 1 aromatic rings. The molecule has 0 radical (unpaired) electrons. The van der Waals surface area contributed by atoms with Gasteiger partial charge in [0, 0.05) is 23.8 Å². The SMILES string of the molecule is Cl.NC(CCO)c1cc(F)cc2c1OCOC2. The summed E-state index contributed by atoms with van der Waals surface area (Å²) in [5, 5.41) is 8.83. The molecule has 1 unspecified atom stereocenters. The van der Waals surface area contributed by atoms with Crippen molar-refractivity contribution in [3.8, 4) is 5.75 Å². The lowest BCUT2D eigenvalue weighted by molar-refractivity contribution is -0.0175. The summed E-state index contributed by atoms with van der Waals surface area (Å²) < 4.78 is 23.7. The summed E-state index contributed by atoms with van der Waals surface area (Å²) in [6, 6.07) is 2.31. The first-order chi connectivity index (χ1) is 7.72. The van der Waals surface area contributed by atoms with E-state index in [0.29, 0.717) is 29.9 Å². The summed E-state index contributed by atoms with van der Waals surface area (Å²) in [6.07, 6.45) is 0.375. The molecule has 2 rings (SSSR count). The van der Waals surface area contributed by atoms with Gasteiger partial charge in [0.15, 0.2) is 6.79 Å². The highest BCUT2D eigenvalue weighted by atomic mass is 35.5. The van der Waals surface area contributed by atoms with Crippen molar-refractivity contribution >= 4 is 12.4 Å². The average Bonchev–Trinajstić information content (AvgIpc) is 2.28. The number of nitrogens with two attached hydrogens (primary N) is 1. The minimum Gasteiger partial charge on any atom is -0.467 e. The third kappa shape index (κ3) is 3.07. The molecule has 0 bridgehead atoms. The maximum Gasteiger partial charge on any atom is 0.189 e. The first kappa shape index (κ1) is 14.2. The molecule has 1 atom stereocenters. The lowest BCUT2D eigenvalue weighted by Crippen LogP contribution is -2.19. The third-order valence-corrected chi connectivity index (χ3v) is 2.54. The minimum atomic E-state index is -0.424. The van der Waals surface area contributed by atoms with E-state index in [9.17, 15) is 4.39 Å². The first-order valence-electron chi connectivity index (χ1n) is 5.11. The molecule has 1 aliphatic heterocycles. The van der Waals surface area contributed by atoms with E-state index in [-0.39, 0.29) is 31.6 Å². The minimum absolute atomic E-state index is 0.